The van der Waals surface area contributed by atoms with E-state index >= 15 is 0 Å². The van der Waals surface area contributed by atoms with Crippen molar-refractivity contribution in [3.8, 4) is 0 Å². The maximum Gasteiger partial charge on any atom is 0.255 e. The zero-order chi connectivity index (χ0) is 11.7. The third-order valence-electron chi connectivity index (χ3n) is 2.54. The van der Waals surface area contributed by atoms with Crippen LogP contribution in [0.15, 0.2) is 55.3 Å². The fourth-order valence-electron chi connectivity index (χ4n) is 1.65. The lowest BCUT2D eigenvalue weighted by molar-refractivity contribution is -0.113. The molecular formula is C14H13NO. The number of carbonyl (C=O) groups excluding carboxylic acids is 1. The first kappa shape index (κ1) is 10.4. The van der Waals surface area contributed by atoms with Crippen LogP contribution in [0.2, 0.25) is 0 Å². The minimum absolute atomic E-state index is 0.0481. The molecule has 2 heteroatoms. The molecule has 0 radical (unpaired) electrons. The van der Waals surface area contributed by atoms with Crippen molar-refractivity contribution in [1.29, 1.82) is 0 Å². The number of hydrogen-bond donors (Lipinski definition) is 0. The zero-order valence-corrected chi connectivity index (χ0v) is 9.23. The second-order valence-electron chi connectivity index (χ2n) is 3.83. The summed E-state index contributed by atoms with van der Waals surface area (Å²) >= 11 is 0. The van der Waals surface area contributed by atoms with Crippen LogP contribution in [0.5, 0.6) is 0 Å². The van der Waals surface area contributed by atoms with E-state index in [-0.39, 0.29) is 5.91 Å². The first-order valence-electron chi connectivity index (χ1n) is 5.06. The van der Waals surface area contributed by atoms with Crippen LogP contribution < -0.4 is 4.90 Å². The van der Waals surface area contributed by atoms with Crippen LogP contribution in [0.1, 0.15) is 12.5 Å². The maximum atomic E-state index is 11.6. The van der Waals surface area contributed by atoms with E-state index in [4.69, 9.17) is 0 Å². The van der Waals surface area contributed by atoms with Crippen molar-refractivity contribution in [3.63, 3.8) is 0 Å². The van der Waals surface area contributed by atoms with Crippen molar-refractivity contribution in [2.24, 2.45) is 0 Å². The average Bonchev–Trinajstić information content (AvgIpc) is 2.59. The molecule has 0 unspecified atom stereocenters. The van der Waals surface area contributed by atoms with E-state index in [0.717, 1.165) is 16.8 Å². The fourth-order valence-corrected chi connectivity index (χ4v) is 1.65. The Morgan fingerprint density at radius 2 is 1.81 bits per heavy atom. The Morgan fingerprint density at radius 1 is 1.19 bits per heavy atom. The van der Waals surface area contributed by atoms with Gasteiger partial charge in [0.15, 0.2) is 0 Å². The van der Waals surface area contributed by atoms with Crippen LogP contribution in [-0.4, -0.2) is 5.91 Å². The molecule has 0 saturated carbocycles. The molecule has 0 fully saturated rings. The first-order valence-corrected chi connectivity index (χ1v) is 5.06. The van der Waals surface area contributed by atoms with Gasteiger partial charge in [-0.15, -0.1) is 0 Å². The summed E-state index contributed by atoms with van der Waals surface area (Å²) in [5, 5.41) is 0. The number of anilines is 1. The Morgan fingerprint density at radius 3 is 2.25 bits per heavy atom. The minimum atomic E-state index is -0.0481. The Bertz CT molecular complexity index is 476. The lowest BCUT2D eigenvalue weighted by Crippen LogP contribution is -2.22. The quantitative estimate of drug-likeness (QED) is 0.736. The molecule has 80 valence electrons. The predicted molar refractivity (Wildman–Crippen MR) is 66.9 cm³/mol. The summed E-state index contributed by atoms with van der Waals surface area (Å²) in [5.41, 5.74) is 3.63. The van der Waals surface area contributed by atoms with Crippen molar-refractivity contribution < 1.29 is 4.79 Å². The predicted octanol–water partition coefficient (Wildman–Crippen LogP) is 3.14. The summed E-state index contributed by atoms with van der Waals surface area (Å²) in [7, 11) is 0. The molecule has 1 aliphatic rings. The van der Waals surface area contributed by atoms with Crippen molar-refractivity contribution in [2.75, 3.05) is 4.90 Å². The second kappa shape index (κ2) is 3.81. The van der Waals surface area contributed by atoms with Gasteiger partial charge in [0, 0.05) is 17.5 Å². The van der Waals surface area contributed by atoms with Gasteiger partial charge in [0.2, 0.25) is 0 Å². The van der Waals surface area contributed by atoms with Crippen LogP contribution in [0.25, 0.3) is 5.57 Å². The number of nitrogens with zero attached hydrogens (tertiary/aromatic N) is 1. The normalized spacial score (nSPS) is 14.7. The highest BCUT2D eigenvalue weighted by Gasteiger charge is 2.19. The molecule has 0 atom stereocenters. The number of hydrogen-bond acceptors (Lipinski definition) is 1. The molecule has 0 aromatic heterocycles. The monoisotopic (exact) mass is 211 g/mol. The van der Waals surface area contributed by atoms with Gasteiger partial charge in [-0.05, 0) is 30.7 Å². The Hall–Kier alpha value is -2.09. The SMILES string of the molecule is C=C(C)c1ccc(N2C(=C)C=CC2=O)cc1. The molecule has 1 aromatic carbocycles. The van der Waals surface area contributed by atoms with E-state index in [1.165, 1.54) is 6.08 Å². The number of allylic oxidation sites excluding steroid dienone is 2. The van der Waals surface area contributed by atoms with E-state index in [2.05, 4.69) is 13.2 Å². The molecule has 0 bridgehead atoms. The van der Waals surface area contributed by atoms with Crippen LogP contribution in [0.4, 0.5) is 5.69 Å². The molecule has 0 saturated heterocycles. The molecule has 16 heavy (non-hydrogen) atoms. The minimum Gasteiger partial charge on any atom is -0.278 e. The van der Waals surface area contributed by atoms with Crippen molar-refractivity contribution in [1.82, 2.24) is 0 Å². The van der Waals surface area contributed by atoms with E-state index in [1.807, 2.05) is 31.2 Å². The molecule has 2 nitrogen and oxygen atoms in total. The average molecular weight is 211 g/mol. The van der Waals surface area contributed by atoms with Crippen molar-refractivity contribution >= 4 is 17.2 Å². The Kier molecular flexibility index (Phi) is 2.49. The molecule has 0 spiro atoms. The molecule has 0 aliphatic carbocycles. The Labute approximate surface area is 95.2 Å². The zero-order valence-electron chi connectivity index (χ0n) is 9.23. The number of amides is 1. The van der Waals surface area contributed by atoms with Crippen LogP contribution in [0, 0.1) is 0 Å². The van der Waals surface area contributed by atoms with Gasteiger partial charge < -0.3 is 0 Å². The van der Waals surface area contributed by atoms with Gasteiger partial charge in [-0.3, -0.25) is 9.69 Å². The highest BCUT2D eigenvalue weighted by molar-refractivity contribution is 6.07. The van der Waals surface area contributed by atoms with Gasteiger partial charge in [0.1, 0.15) is 0 Å². The molecular weight excluding hydrogens is 198 g/mol. The summed E-state index contributed by atoms with van der Waals surface area (Å²) < 4.78 is 0. The number of carbonyl (C=O) groups is 1. The van der Waals surface area contributed by atoms with Gasteiger partial charge in [-0.2, -0.15) is 0 Å². The van der Waals surface area contributed by atoms with E-state index < -0.39 is 0 Å². The lowest BCUT2D eigenvalue weighted by atomic mass is 10.1. The van der Waals surface area contributed by atoms with Crippen LogP contribution in [0.3, 0.4) is 0 Å². The third kappa shape index (κ3) is 1.70. The van der Waals surface area contributed by atoms with Gasteiger partial charge in [0.25, 0.3) is 5.91 Å². The van der Waals surface area contributed by atoms with Crippen LogP contribution >= 0.6 is 0 Å². The van der Waals surface area contributed by atoms with Crippen LogP contribution in [-0.2, 0) is 4.79 Å². The molecule has 1 heterocycles. The van der Waals surface area contributed by atoms with Crippen molar-refractivity contribution in [3.05, 3.63) is 60.8 Å². The van der Waals surface area contributed by atoms with Crippen molar-refractivity contribution in [2.45, 2.75) is 6.92 Å². The molecule has 0 N–H and O–H groups in total. The maximum absolute atomic E-state index is 11.6. The van der Waals surface area contributed by atoms with Gasteiger partial charge in [-0.25, -0.2) is 0 Å². The first-order chi connectivity index (χ1) is 7.59. The number of benzene rings is 1. The Balaban J connectivity index is 2.32. The molecule has 2 rings (SSSR count). The number of rotatable bonds is 2. The smallest absolute Gasteiger partial charge is 0.255 e. The molecule has 1 aliphatic heterocycles. The van der Waals surface area contributed by atoms with E-state index in [0.29, 0.717) is 5.70 Å². The summed E-state index contributed by atoms with van der Waals surface area (Å²) in [6, 6.07) is 7.72. The van der Waals surface area contributed by atoms with Gasteiger partial charge in [0.05, 0.1) is 0 Å². The molecule has 1 aromatic rings. The largest absolute Gasteiger partial charge is 0.278 e. The summed E-state index contributed by atoms with van der Waals surface area (Å²) in [5.74, 6) is -0.0481. The fraction of sp³-hybridized carbons (Fsp3) is 0.0714. The summed E-state index contributed by atoms with van der Waals surface area (Å²) in [4.78, 5) is 13.2. The second-order valence-corrected chi connectivity index (χ2v) is 3.83. The van der Waals surface area contributed by atoms with E-state index in [1.54, 1.807) is 11.0 Å². The molecule has 1 amide bonds. The van der Waals surface area contributed by atoms with Gasteiger partial charge >= 0.3 is 0 Å². The topological polar surface area (TPSA) is 20.3 Å². The standard InChI is InChI=1S/C14H13NO/c1-10(2)12-5-7-13(8-6-12)15-11(3)4-9-14(15)16/h4-9H,1,3H2,2H3. The summed E-state index contributed by atoms with van der Waals surface area (Å²) in [6.45, 7) is 9.65. The highest BCUT2D eigenvalue weighted by atomic mass is 16.2. The lowest BCUT2D eigenvalue weighted by Gasteiger charge is -2.17. The van der Waals surface area contributed by atoms with E-state index in [9.17, 15) is 4.79 Å². The third-order valence-corrected chi connectivity index (χ3v) is 2.54. The highest BCUT2D eigenvalue weighted by Crippen LogP contribution is 2.25. The summed E-state index contributed by atoms with van der Waals surface area (Å²) in [6.07, 6.45) is 3.24. The van der Waals surface area contributed by atoms with Gasteiger partial charge in [-0.1, -0.05) is 30.9 Å².